The molecule has 0 aromatic heterocycles. The first-order valence-corrected chi connectivity index (χ1v) is 8.78. The molecule has 1 saturated heterocycles. The molecule has 1 aromatic rings. The van der Waals surface area contributed by atoms with E-state index in [1.54, 1.807) is 12.1 Å². The van der Waals surface area contributed by atoms with Crippen LogP contribution in [0.4, 0.5) is 0 Å². The van der Waals surface area contributed by atoms with Crippen LogP contribution in [0.3, 0.4) is 0 Å². The van der Waals surface area contributed by atoms with Gasteiger partial charge in [-0.15, -0.1) is 0 Å². The highest BCUT2D eigenvalue weighted by molar-refractivity contribution is 6.42. The van der Waals surface area contributed by atoms with Crippen LogP contribution in [0, 0.1) is 5.92 Å². The second-order valence-electron chi connectivity index (χ2n) is 6.61. The van der Waals surface area contributed by atoms with Gasteiger partial charge in [-0.25, -0.2) is 4.79 Å². The lowest BCUT2D eigenvalue weighted by molar-refractivity contribution is -0.146. The van der Waals surface area contributed by atoms with Gasteiger partial charge in [0.2, 0.25) is 5.91 Å². The van der Waals surface area contributed by atoms with E-state index in [0.29, 0.717) is 29.7 Å². The molecule has 138 valence electrons. The molecule has 1 fully saturated rings. The first-order chi connectivity index (χ1) is 11.7. The Balaban J connectivity index is 2.15. The quantitative estimate of drug-likeness (QED) is 0.721. The summed E-state index contributed by atoms with van der Waals surface area (Å²) in [5.41, 5.74) is -0.483. The van der Waals surface area contributed by atoms with Crippen LogP contribution in [0.15, 0.2) is 18.2 Å². The second kappa shape index (κ2) is 8.36. The topological polar surface area (TPSA) is 87.7 Å². The van der Waals surface area contributed by atoms with Gasteiger partial charge in [0.15, 0.2) is 0 Å². The predicted molar refractivity (Wildman–Crippen MR) is 96.0 cm³/mol. The molecule has 1 aliphatic rings. The highest BCUT2D eigenvalue weighted by atomic mass is 35.5. The van der Waals surface area contributed by atoms with Gasteiger partial charge in [0.1, 0.15) is 5.54 Å². The molecule has 1 aliphatic heterocycles. The monoisotopic (exact) mass is 388 g/mol. The Labute approximate surface area is 156 Å². The van der Waals surface area contributed by atoms with E-state index in [2.05, 4.69) is 10.6 Å². The zero-order valence-electron chi connectivity index (χ0n) is 14.1. The Bertz CT molecular complexity index is 652. The van der Waals surface area contributed by atoms with Gasteiger partial charge in [-0.05, 0) is 31.5 Å². The van der Waals surface area contributed by atoms with E-state index in [1.165, 1.54) is 13.8 Å². The highest BCUT2D eigenvalue weighted by Crippen LogP contribution is 2.33. The molecule has 0 spiro atoms. The summed E-state index contributed by atoms with van der Waals surface area (Å²) in [5, 5.41) is 15.8. The van der Waals surface area contributed by atoms with Crippen LogP contribution in [0.5, 0.6) is 0 Å². The third-order valence-corrected chi connectivity index (χ3v) is 4.86. The summed E-state index contributed by atoms with van der Waals surface area (Å²) in [5.74, 6) is -1.59. The molecule has 8 heteroatoms. The maximum Gasteiger partial charge on any atom is 0.328 e. The van der Waals surface area contributed by atoms with E-state index in [9.17, 15) is 9.59 Å². The minimum atomic E-state index is -1.32. The van der Waals surface area contributed by atoms with Crippen molar-refractivity contribution in [1.82, 2.24) is 10.6 Å². The van der Waals surface area contributed by atoms with Gasteiger partial charge in [0.25, 0.3) is 0 Å². The zero-order chi connectivity index (χ0) is 18.6. The van der Waals surface area contributed by atoms with E-state index in [1.807, 2.05) is 6.07 Å². The van der Waals surface area contributed by atoms with Crippen LogP contribution in [-0.4, -0.2) is 42.2 Å². The van der Waals surface area contributed by atoms with Crippen LogP contribution >= 0.6 is 23.2 Å². The lowest BCUT2D eigenvalue weighted by Crippen LogP contribution is -2.50. The van der Waals surface area contributed by atoms with Gasteiger partial charge in [0, 0.05) is 25.4 Å². The predicted octanol–water partition coefficient (Wildman–Crippen LogP) is 2.64. The molecule has 25 heavy (non-hydrogen) atoms. The number of carbonyl (C=O) groups is 2. The molecular weight excluding hydrogens is 367 g/mol. The molecule has 0 radical (unpaired) electrons. The van der Waals surface area contributed by atoms with E-state index < -0.39 is 11.5 Å². The molecule has 0 aliphatic carbocycles. The van der Waals surface area contributed by atoms with E-state index in [-0.39, 0.29) is 24.3 Å². The number of benzene rings is 1. The molecule has 6 nitrogen and oxygen atoms in total. The van der Waals surface area contributed by atoms with Gasteiger partial charge < -0.3 is 20.5 Å². The molecule has 3 N–H and O–H groups in total. The van der Waals surface area contributed by atoms with Crippen molar-refractivity contribution in [3.63, 3.8) is 0 Å². The fourth-order valence-electron chi connectivity index (χ4n) is 2.72. The molecule has 1 heterocycles. The Morgan fingerprint density at radius 3 is 2.72 bits per heavy atom. The van der Waals surface area contributed by atoms with Crippen LogP contribution in [0.2, 0.25) is 10.0 Å². The molecule has 0 bridgehead atoms. The molecular formula is C17H22Cl2N2O4. The van der Waals surface area contributed by atoms with Crippen molar-refractivity contribution in [2.75, 3.05) is 19.7 Å². The maximum atomic E-state index is 12.3. The Morgan fingerprint density at radius 1 is 1.36 bits per heavy atom. The Hall–Kier alpha value is -1.34. The Kier molecular flexibility index (Phi) is 6.68. The fraction of sp³-hybridized carbons (Fsp3) is 0.529. The lowest BCUT2D eigenvalue weighted by atomic mass is 9.91. The number of rotatable bonds is 5. The Morgan fingerprint density at radius 2 is 2.08 bits per heavy atom. The summed E-state index contributed by atoms with van der Waals surface area (Å²) in [7, 11) is 0. The van der Waals surface area contributed by atoms with Crippen molar-refractivity contribution in [2.24, 2.45) is 5.92 Å². The average molecular weight is 389 g/mol. The first-order valence-electron chi connectivity index (χ1n) is 8.02. The first kappa shape index (κ1) is 20.0. The summed E-state index contributed by atoms with van der Waals surface area (Å²) in [6.45, 7) is 4.66. The number of hydrogen-bond acceptors (Lipinski definition) is 4. The number of carbonyl (C=O) groups excluding carboxylic acids is 1. The standard InChI is InChI=1S/C17H22Cl2N2O4/c1-17(2,16(23)24)21-14(22)8-11-9-20-5-6-25-15(11)10-3-4-12(18)13(19)7-10/h3-4,7,11,15,20H,5-6,8-9H2,1-2H3,(H,21,22)(H,23,24). The molecule has 1 amide bonds. The van der Waals surface area contributed by atoms with Gasteiger partial charge in [-0.3, -0.25) is 4.79 Å². The SMILES string of the molecule is CC(C)(NC(=O)CC1CNCCOC1c1ccc(Cl)c(Cl)c1)C(=O)O. The van der Waals surface area contributed by atoms with Crippen LogP contribution < -0.4 is 10.6 Å². The number of carboxylic acid groups (broad SMARTS) is 1. The van der Waals surface area contributed by atoms with Gasteiger partial charge in [0.05, 0.1) is 22.8 Å². The van der Waals surface area contributed by atoms with Crippen molar-refractivity contribution in [1.29, 1.82) is 0 Å². The lowest BCUT2D eigenvalue weighted by Gasteiger charge is -2.27. The third kappa shape index (κ3) is 5.31. The normalized spacial score (nSPS) is 21.4. The van der Waals surface area contributed by atoms with Gasteiger partial charge in [-0.1, -0.05) is 29.3 Å². The molecule has 2 atom stereocenters. The van der Waals surface area contributed by atoms with Crippen molar-refractivity contribution < 1.29 is 19.4 Å². The van der Waals surface area contributed by atoms with Crippen molar-refractivity contribution in [2.45, 2.75) is 31.9 Å². The molecule has 2 rings (SSSR count). The minimum Gasteiger partial charge on any atom is -0.480 e. The van der Waals surface area contributed by atoms with Gasteiger partial charge in [-0.2, -0.15) is 0 Å². The smallest absolute Gasteiger partial charge is 0.328 e. The number of aliphatic carboxylic acids is 1. The maximum absolute atomic E-state index is 12.3. The van der Waals surface area contributed by atoms with Crippen LogP contribution in [0.25, 0.3) is 0 Å². The molecule has 1 aromatic carbocycles. The third-order valence-electron chi connectivity index (χ3n) is 4.12. The summed E-state index contributed by atoms with van der Waals surface area (Å²) < 4.78 is 5.91. The van der Waals surface area contributed by atoms with Crippen LogP contribution in [0.1, 0.15) is 31.9 Å². The molecule has 2 unspecified atom stereocenters. The van der Waals surface area contributed by atoms with E-state index >= 15 is 0 Å². The summed E-state index contributed by atoms with van der Waals surface area (Å²) >= 11 is 12.1. The largest absolute Gasteiger partial charge is 0.480 e. The summed E-state index contributed by atoms with van der Waals surface area (Å²) in [6, 6.07) is 5.27. The van der Waals surface area contributed by atoms with E-state index in [4.69, 9.17) is 33.0 Å². The summed E-state index contributed by atoms with van der Waals surface area (Å²) in [6.07, 6.45) is -0.197. The van der Waals surface area contributed by atoms with Crippen molar-refractivity contribution in [3.05, 3.63) is 33.8 Å². The van der Waals surface area contributed by atoms with Crippen molar-refractivity contribution >= 4 is 35.1 Å². The number of hydrogen-bond donors (Lipinski definition) is 3. The number of halogens is 2. The molecule has 0 saturated carbocycles. The minimum absolute atomic E-state index is 0.134. The fourth-order valence-corrected chi connectivity index (χ4v) is 3.02. The zero-order valence-corrected chi connectivity index (χ0v) is 15.7. The highest BCUT2D eigenvalue weighted by Gasteiger charge is 2.33. The summed E-state index contributed by atoms with van der Waals surface area (Å²) in [4.78, 5) is 23.5. The average Bonchev–Trinajstić information content (AvgIpc) is 2.75. The van der Waals surface area contributed by atoms with Gasteiger partial charge >= 0.3 is 5.97 Å². The number of carboxylic acids is 1. The number of amides is 1. The van der Waals surface area contributed by atoms with Crippen LogP contribution in [-0.2, 0) is 14.3 Å². The van der Waals surface area contributed by atoms with Crippen molar-refractivity contribution in [3.8, 4) is 0 Å². The van der Waals surface area contributed by atoms with E-state index in [0.717, 1.165) is 5.56 Å². The number of nitrogens with one attached hydrogen (secondary N) is 2. The number of ether oxygens (including phenoxy) is 1. The second-order valence-corrected chi connectivity index (χ2v) is 7.43.